The maximum Gasteiger partial charge on any atom is 0.231 e. The summed E-state index contributed by atoms with van der Waals surface area (Å²) >= 11 is 0. The van der Waals surface area contributed by atoms with Crippen molar-refractivity contribution in [1.82, 2.24) is 0 Å². The zero-order valence-electron chi connectivity index (χ0n) is 13.6. The van der Waals surface area contributed by atoms with Crippen LogP contribution in [0.15, 0.2) is 0 Å². The fourth-order valence-electron chi connectivity index (χ4n) is 0.723. The van der Waals surface area contributed by atoms with E-state index in [1.165, 1.54) is 0 Å². The molecule has 0 bridgehead atoms. The normalized spacial score (nSPS) is 16.2. The van der Waals surface area contributed by atoms with Crippen LogP contribution < -0.4 is 0 Å². The molecule has 0 saturated heterocycles. The van der Waals surface area contributed by atoms with Gasteiger partial charge < -0.3 is 20.0 Å². The molecule has 0 aromatic heterocycles. The van der Waals surface area contributed by atoms with Gasteiger partial charge in [-0.05, 0) is 54.9 Å². The second-order valence-corrected chi connectivity index (χ2v) is 6.51. The summed E-state index contributed by atoms with van der Waals surface area (Å²) in [4.78, 5) is 0. The Morgan fingerprint density at radius 2 is 1.21 bits per heavy atom. The quantitative estimate of drug-likeness (QED) is 0.656. The molecule has 1 unspecified atom stereocenters. The second-order valence-electron chi connectivity index (χ2n) is 6.51. The van der Waals surface area contributed by atoms with Crippen LogP contribution in [0.25, 0.3) is 0 Å². The molecule has 0 aliphatic heterocycles. The first-order valence-corrected chi connectivity index (χ1v) is 6.50. The van der Waals surface area contributed by atoms with Crippen LogP contribution in [0.2, 0.25) is 0 Å². The van der Waals surface area contributed by atoms with E-state index >= 15 is 0 Å². The minimum atomic E-state index is -1.01. The summed E-state index contributed by atoms with van der Waals surface area (Å²) in [5.41, 5.74) is -3.49. The standard InChI is InChI=1S/C7H15B2O2.C6H14O2/c1-5-7(4,10)6(2,3)11-9-8;1-5(2,7)6(3,4)8/h10H,5H2,1-4H3;7-8H,1-4H3. The number of aliphatic hydroxyl groups is 3. The van der Waals surface area contributed by atoms with Gasteiger partial charge in [-0.25, -0.2) is 0 Å². The van der Waals surface area contributed by atoms with E-state index in [2.05, 4.69) is 0 Å². The third-order valence-electron chi connectivity index (χ3n) is 3.85. The van der Waals surface area contributed by atoms with Crippen LogP contribution in [0.1, 0.15) is 61.8 Å². The maximum absolute atomic E-state index is 9.78. The van der Waals surface area contributed by atoms with Crippen molar-refractivity contribution in [3.8, 4) is 0 Å². The molecule has 0 aliphatic carbocycles. The highest BCUT2D eigenvalue weighted by atomic mass is 16.5. The van der Waals surface area contributed by atoms with E-state index in [1.54, 1.807) is 48.5 Å². The maximum atomic E-state index is 9.78. The van der Waals surface area contributed by atoms with E-state index in [0.29, 0.717) is 6.42 Å². The Bertz CT molecular complexity index is 240. The summed E-state index contributed by atoms with van der Waals surface area (Å²) in [6, 6.07) is 0. The first-order chi connectivity index (χ1) is 8.12. The first kappa shape index (κ1) is 21.3. The van der Waals surface area contributed by atoms with E-state index in [0.717, 1.165) is 7.37 Å². The fourth-order valence-corrected chi connectivity index (χ4v) is 0.723. The molecule has 0 heterocycles. The van der Waals surface area contributed by atoms with Gasteiger partial charge >= 0.3 is 0 Å². The summed E-state index contributed by atoms with van der Waals surface area (Å²) in [5, 5.41) is 28.0. The summed E-state index contributed by atoms with van der Waals surface area (Å²) in [7, 11) is 6.22. The van der Waals surface area contributed by atoms with E-state index in [-0.39, 0.29) is 0 Å². The predicted molar refractivity (Wildman–Crippen MR) is 80.2 cm³/mol. The highest BCUT2D eigenvalue weighted by molar-refractivity contribution is 6.85. The number of rotatable bonds is 5. The van der Waals surface area contributed by atoms with Gasteiger partial charge in [-0.3, -0.25) is 0 Å². The topological polar surface area (TPSA) is 69.9 Å². The number of hydrogen-bond acceptors (Lipinski definition) is 4. The Morgan fingerprint density at radius 1 is 0.895 bits per heavy atom. The third-order valence-corrected chi connectivity index (χ3v) is 3.85. The molecule has 0 aromatic rings. The van der Waals surface area contributed by atoms with Gasteiger partial charge in [-0.1, -0.05) is 6.92 Å². The summed E-state index contributed by atoms with van der Waals surface area (Å²) in [6.45, 7) is 13.6. The van der Waals surface area contributed by atoms with Gasteiger partial charge in [-0.15, -0.1) is 0 Å². The molecule has 0 aliphatic rings. The predicted octanol–water partition coefficient (Wildman–Crippen LogP) is 1.17. The Balaban J connectivity index is 0. The zero-order chi connectivity index (χ0) is 16.1. The van der Waals surface area contributed by atoms with Gasteiger partial charge in [0.2, 0.25) is 7.37 Å². The molecule has 0 spiro atoms. The minimum absolute atomic E-state index is 0.628. The van der Waals surface area contributed by atoms with Crippen LogP contribution in [0.3, 0.4) is 0 Å². The Morgan fingerprint density at radius 3 is 1.37 bits per heavy atom. The molecule has 3 radical (unpaired) electrons. The first-order valence-electron chi connectivity index (χ1n) is 6.50. The lowest BCUT2D eigenvalue weighted by molar-refractivity contribution is -0.107. The van der Waals surface area contributed by atoms with E-state index in [9.17, 15) is 5.11 Å². The molecular formula is C13H29B2O4. The van der Waals surface area contributed by atoms with Gasteiger partial charge in [0.25, 0.3) is 0 Å². The molecule has 0 saturated carbocycles. The molecule has 0 rings (SSSR count). The minimum Gasteiger partial charge on any atom is -0.445 e. The molecule has 0 aromatic carbocycles. The molecule has 111 valence electrons. The van der Waals surface area contributed by atoms with Gasteiger partial charge in [0.15, 0.2) is 0 Å². The van der Waals surface area contributed by atoms with Crippen molar-refractivity contribution < 1.29 is 20.0 Å². The smallest absolute Gasteiger partial charge is 0.231 e. The van der Waals surface area contributed by atoms with Crippen molar-refractivity contribution in [3.63, 3.8) is 0 Å². The van der Waals surface area contributed by atoms with Crippen LogP contribution in [0.5, 0.6) is 0 Å². The van der Waals surface area contributed by atoms with E-state index in [1.807, 2.05) is 6.92 Å². The zero-order valence-corrected chi connectivity index (χ0v) is 13.6. The SMILES string of the molecule is CC(C)(O)C(C)(C)O.[B][B]OC(C)(C)C(C)(O)CC. The largest absolute Gasteiger partial charge is 0.445 e. The molecule has 4 nitrogen and oxygen atoms in total. The van der Waals surface area contributed by atoms with Crippen molar-refractivity contribution in [2.45, 2.75) is 84.2 Å². The van der Waals surface area contributed by atoms with Gasteiger partial charge in [0.05, 0.1) is 30.1 Å². The van der Waals surface area contributed by atoms with Crippen molar-refractivity contribution in [1.29, 1.82) is 0 Å². The molecule has 1 atom stereocenters. The monoisotopic (exact) mass is 271 g/mol. The van der Waals surface area contributed by atoms with Crippen molar-refractivity contribution in [3.05, 3.63) is 0 Å². The lowest BCUT2D eigenvalue weighted by Crippen LogP contribution is -2.49. The van der Waals surface area contributed by atoms with Crippen molar-refractivity contribution in [2.75, 3.05) is 0 Å². The van der Waals surface area contributed by atoms with Gasteiger partial charge in [0, 0.05) is 0 Å². The number of hydrogen-bond donors (Lipinski definition) is 3. The van der Waals surface area contributed by atoms with E-state index in [4.69, 9.17) is 22.6 Å². The third kappa shape index (κ3) is 7.35. The van der Waals surface area contributed by atoms with Crippen molar-refractivity contribution in [2.24, 2.45) is 0 Å². The van der Waals surface area contributed by atoms with Crippen molar-refractivity contribution >= 4 is 15.1 Å². The van der Waals surface area contributed by atoms with Gasteiger partial charge in [-0.2, -0.15) is 0 Å². The van der Waals surface area contributed by atoms with Crippen LogP contribution in [0, 0.1) is 0 Å². The van der Waals surface area contributed by atoms with E-state index < -0.39 is 22.4 Å². The molecular weight excluding hydrogens is 242 g/mol. The fraction of sp³-hybridized carbons (Fsp3) is 1.00. The second kappa shape index (κ2) is 7.11. The Labute approximate surface area is 120 Å². The molecule has 19 heavy (non-hydrogen) atoms. The average molecular weight is 271 g/mol. The molecule has 0 amide bonds. The Kier molecular flexibility index (Phi) is 7.97. The lowest BCUT2D eigenvalue weighted by atomic mass is 9.70. The van der Waals surface area contributed by atoms with Crippen LogP contribution in [0.4, 0.5) is 0 Å². The molecule has 3 N–H and O–H groups in total. The van der Waals surface area contributed by atoms with Crippen LogP contribution in [-0.2, 0) is 4.65 Å². The van der Waals surface area contributed by atoms with Crippen LogP contribution in [-0.4, -0.2) is 52.8 Å². The summed E-state index contributed by atoms with van der Waals surface area (Å²) in [6.07, 6.45) is 0.633. The molecule has 0 fully saturated rings. The highest BCUT2D eigenvalue weighted by Crippen LogP contribution is 2.27. The van der Waals surface area contributed by atoms with Gasteiger partial charge in [0.1, 0.15) is 0 Å². The average Bonchev–Trinajstić information content (AvgIpc) is 2.15. The summed E-state index contributed by atoms with van der Waals surface area (Å²) in [5.74, 6) is 0. The highest BCUT2D eigenvalue weighted by Gasteiger charge is 2.37. The van der Waals surface area contributed by atoms with Crippen LogP contribution >= 0.6 is 0 Å². The Hall–Kier alpha value is -0.0301. The molecule has 6 heteroatoms. The summed E-state index contributed by atoms with van der Waals surface area (Å²) < 4.78 is 5.09. The lowest BCUT2D eigenvalue weighted by Gasteiger charge is -2.39.